The number of hydrogen-bond donors (Lipinski definition) is 1. The number of piperazine rings is 1. The molecule has 2 aliphatic heterocycles. The molecule has 7 nitrogen and oxygen atoms in total. The van der Waals surface area contributed by atoms with E-state index in [1.54, 1.807) is 18.6 Å². The number of nitrogens with one attached hydrogen (secondary N) is 1. The Bertz CT molecular complexity index is 897. The maximum atomic E-state index is 6.17. The molecule has 1 fully saturated rings. The Hall–Kier alpha value is -2.93. The molecule has 1 aromatic carbocycles. The van der Waals surface area contributed by atoms with Gasteiger partial charge in [-0.1, -0.05) is 12.1 Å². The summed E-state index contributed by atoms with van der Waals surface area (Å²) in [6.45, 7) is 3.60. The van der Waals surface area contributed by atoms with Crippen LogP contribution in [-0.2, 0) is 6.42 Å². The Balaban J connectivity index is 1.46. The monoisotopic (exact) mass is 349 g/mol. The van der Waals surface area contributed by atoms with E-state index < -0.39 is 6.29 Å². The highest BCUT2D eigenvalue weighted by Crippen LogP contribution is 2.32. The number of ether oxygens (including phenoxy) is 2. The van der Waals surface area contributed by atoms with Crippen LogP contribution < -0.4 is 19.7 Å². The Morgan fingerprint density at radius 1 is 1.00 bits per heavy atom. The summed E-state index contributed by atoms with van der Waals surface area (Å²) in [7, 11) is 0. The Morgan fingerprint density at radius 2 is 1.88 bits per heavy atom. The summed E-state index contributed by atoms with van der Waals surface area (Å²) >= 11 is 0. The molecule has 0 radical (unpaired) electrons. The highest BCUT2D eigenvalue weighted by atomic mass is 16.7. The molecule has 5 rings (SSSR count). The zero-order chi connectivity index (χ0) is 17.3. The smallest absolute Gasteiger partial charge is 0.260 e. The average Bonchev–Trinajstić information content (AvgIpc) is 2.76. The lowest BCUT2D eigenvalue weighted by Crippen LogP contribution is -2.44. The predicted octanol–water partition coefficient (Wildman–Crippen LogP) is 1.77. The van der Waals surface area contributed by atoms with Gasteiger partial charge in [0.2, 0.25) is 12.2 Å². The summed E-state index contributed by atoms with van der Waals surface area (Å²) < 4.78 is 12.2. The fraction of sp³-hybridized carbons (Fsp3) is 0.316. The lowest BCUT2D eigenvalue weighted by Gasteiger charge is -2.29. The van der Waals surface area contributed by atoms with Crippen LogP contribution in [0.15, 0.2) is 42.9 Å². The van der Waals surface area contributed by atoms with Crippen LogP contribution in [0.2, 0.25) is 0 Å². The van der Waals surface area contributed by atoms with E-state index in [2.05, 4.69) is 31.2 Å². The van der Waals surface area contributed by atoms with Crippen molar-refractivity contribution >= 4 is 16.6 Å². The van der Waals surface area contributed by atoms with Crippen LogP contribution in [0, 0.1) is 0 Å². The molecule has 1 unspecified atom stereocenters. The van der Waals surface area contributed by atoms with Gasteiger partial charge in [0.1, 0.15) is 0 Å². The maximum absolute atomic E-state index is 6.17. The third-order valence-corrected chi connectivity index (χ3v) is 4.80. The molecule has 4 heterocycles. The second-order valence-corrected chi connectivity index (χ2v) is 6.42. The van der Waals surface area contributed by atoms with Crippen molar-refractivity contribution in [3.63, 3.8) is 0 Å². The molecule has 3 aromatic rings. The Morgan fingerprint density at radius 3 is 2.81 bits per heavy atom. The third-order valence-electron chi connectivity index (χ3n) is 4.80. The molecule has 0 saturated carbocycles. The van der Waals surface area contributed by atoms with Gasteiger partial charge < -0.3 is 19.7 Å². The normalized spacial score (nSPS) is 19.2. The fourth-order valence-corrected chi connectivity index (χ4v) is 3.55. The van der Waals surface area contributed by atoms with Gasteiger partial charge in [0, 0.05) is 56.6 Å². The number of aromatic nitrogens is 3. The molecule has 26 heavy (non-hydrogen) atoms. The summed E-state index contributed by atoms with van der Waals surface area (Å²) in [5, 5.41) is 5.52. The number of pyridine rings is 1. The quantitative estimate of drug-likeness (QED) is 0.773. The second-order valence-electron chi connectivity index (χ2n) is 6.42. The molecule has 0 spiro atoms. The molecule has 2 aromatic heterocycles. The molecule has 1 saturated heterocycles. The highest BCUT2D eigenvalue weighted by Gasteiger charge is 2.25. The first-order valence-electron chi connectivity index (χ1n) is 8.85. The maximum Gasteiger partial charge on any atom is 0.260 e. The molecule has 1 atom stereocenters. The fourth-order valence-electron chi connectivity index (χ4n) is 3.55. The molecule has 132 valence electrons. The molecule has 0 amide bonds. The van der Waals surface area contributed by atoms with Gasteiger partial charge in [-0.15, -0.1) is 0 Å². The minimum Gasteiger partial charge on any atom is -0.437 e. The lowest BCUT2D eigenvalue weighted by atomic mass is 10.0. The molecule has 1 N–H and O–H groups in total. The topological polar surface area (TPSA) is 72.4 Å². The zero-order valence-electron chi connectivity index (χ0n) is 14.3. The zero-order valence-corrected chi connectivity index (χ0v) is 14.3. The minimum atomic E-state index is -0.495. The molecular formula is C19H19N5O2. The molecule has 4 bridgehead atoms. The SMILES string of the molecule is c1cc2c3ccnc(c3c1)OC(Oc1nccnc1N1CCNCC1)C2. The van der Waals surface area contributed by atoms with Crippen molar-refractivity contribution in [3.8, 4) is 11.8 Å². The van der Waals surface area contributed by atoms with Crippen LogP contribution in [-0.4, -0.2) is 47.4 Å². The van der Waals surface area contributed by atoms with Crippen molar-refractivity contribution in [2.45, 2.75) is 12.7 Å². The first kappa shape index (κ1) is 15.3. The van der Waals surface area contributed by atoms with E-state index in [0.717, 1.165) is 42.8 Å². The lowest BCUT2D eigenvalue weighted by molar-refractivity contribution is 0.00235. The van der Waals surface area contributed by atoms with Crippen molar-refractivity contribution in [1.82, 2.24) is 20.3 Å². The van der Waals surface area contributed by atoms with Gasteiger partial charge in [0.25, 0.3) is 5.88 Å². The highest BCUT2D eigenvalue weighted by molar-refractivity contribution is 5.90. The van der Waals surface area contributed by atoms with E-state index in [1.807, 2.05) is 18.2 Å². The number of benzene rings is 1. The summed E-state index contributed by atoms with van der Waals surface area (Å²) in [6, 6.07) is 8.18. The predicted molar refractivity (Wildman–Crippen MR) is 97.6 cm³/mol. The summed E-state index contributed by atoms with van der Waals surface area (Å²) in [5.74, 6) is 1.86. The first-order valence-corrected chi connectivity index (χ1v) is 8.85. The van der Waals surface area contributed by atoms with Crippen molar-refractivity contribution in [2.24, 2.45) is 0 Å². The van der Waals surface area contributed by atoms with E-state index in [9.17, 15) is 0 Å². The van der Waals surface area contributed by atoms with Crippen LogP contribution in [0.1, 0.15) is 5.56 Å². The van der Waals surface area contributed by atoms with Crippen LogP contribution in [0.3, 0.4) is 0 Å². The molecular weight excluding hydrogens is 330 g/mol. The van der Waals surface area contributed by atoms with E-state index in [0.29, 0.717) is 18.2 Å². The van der Waals surface area contributed by atoms with Crippen molar-refractivity contribution in [1.29, 1.82) is 0 Å². The van der Waals surface area contributed by atoms with Crippen LogP contribution in [0.5, 0.6) is 11.8 Å². The van der Waals surface area contributed by atoms with Gasteiger partial charge in [0.05, 0.1) is 0 Å². The second kappa shape index (κ2) is 6.42. The number of anilines is 1. The summed E-state index contributed by atoms with van der Waals surface area (Å²) in [5.41, 5.74) is 1.18. The van der Waals surface area contributed by atoms with Gasteiger partial charge in [-0.2, -0.15) is 0 Å². The summed E-state index contributed by atoms with van der Waals surface area (Å²) in [6.07, 6.45) is 5.26. The Kier molecular flexibility index (Phi) is 3.79. The first-order chi connectivity index (χ1) is 12.9. The van der Waals surface area contributed by atoms with E-state index in [-0.39, 0.29) is 0 Å². The van der Waals surface area contributed by atoms with Gasteiger partial charge >= 0.3 is 0 Å². The van der Waals surface area contributed by atoms with Crippen LogP contribution in [0.4, 0.5) is 5.82 Å². The van der Waals surface area contributed by atoms with Crippen molar-refractivity contribution in [2.75, 3.05) is 31.1 Å². The van der Waals surface area contributed by atoms with E-state index in [1.165, 1.54) is 5.56 Å². The third kappa shape index (κ3) is 2.70. The summed E-state index contributed by atoms with van der Waals surface area (Å²) in [4.78, 5) is 15.5. The van der Waals surface area contributed by atoms with Crippen molar-refractivity contribution < 1.29 is 9.47 Å². The molecule has 2 aliphatic rings. The number of nitrogens with zero attached hydrogens (tertiary/aromatic N) is 4. The van der Waals surface area contributed by atoms with Gasteiger partial charge in [-0.05, 0) is 23.1 Å². The van der Waals surface area contributed by atoms with Gasteiger partial charge in [-0.25, -0.2) is 15.0 Å². The average molecular weight is 349 g/mol. The van der Waals surface area contributed by atoms with Gasteiger partial charge in [-0.3, -0.25) is 0 Å². The van der Waals surface area contributed by atoms with Gasteiger partial charge in [0.15, 0.2) is 5.82 Å². The molecule has 7 heteroatoms. The minimum absolute atomic E-state index is 0.495. The van der Waals surface area contributed by atoms with E-state index >= 15 is 0 Å². The molecule has 0 aliphatic carbocycles. The standard InChI is InChI=1S/C19H19N5O2/c1-2-13-12-16(25-18-15(3-1)14(13)4-5-22-18)26-19-17(21-6-7-23-19)24-10-8-20-9-11-24/h1-7,16,20H,8-12H2. The number of rotatable bonds is 3. The largest absolute Gasteiger partial charge is 0.437 e. The van der Waals surface area contributed by atoms with Crippen molar-refractivity contribution in [3.05, 3.63) is 48.4 Å². The Labute approximate surface area is 151 Å². The van der Waals surface area contributed by atoms with Crippen LogP contribution in [0.25, 0.3) is 10.8 Å². The number of hydrogen-bond acceptors (Lipinski definition) is 7. The van der Waals surface area contributed by atoms with E-state index in [4.69, 9.17) is 9.47 Å². The van der Waals surface area contributed by atoms with Crippen LogP contribution >= 0.6 is 0 Å².